The second-order valence-electron chi connectivity index (χ2n) is 9.94. The molecule has 3 aromatic carbocycles. The predicted octanol–water partition coefficient (Wildman–Crippen LogP) is 4.20. The predicted molar refractivity (Wildman–Crippen MR) is 163 cm³/mol. The second-order valence-corrected chi connectivity index (χ2v) is 10.9. The molecule has 2 amide bonds. The lowest BCUT2D eigenvalue weighted by Gasteiger charge is -2.25. The van der Waals surface area contributed by atoms with Crippen molar-refractivity contribution in [1.29, 1.82) is 0 Å². The number of carbonyl (C=O) groups is 2. The fourth-order valence-corrected chi connectivity index (χ4v) is 5.27. The maximum atomic E-state index is 13.4. The summed E-state index contributed by atoms with van der Waals surface area (Å²) in [4.78, 5) is 32.5. The zero-order valence-electron chi connectivity index (χ0n) is 23.2. The molecular formula is C33H34N4O3S. The Morgan fingerprint density at radius 1 is 1.02 bits per heavy atom. The van der Waals surface area contributed by atoms with E-state index in [1.54, 1.807) is 36.2 Å². The molecule has 0 aliphatic rings. The number of aromatic nitrogens is 1. The van der Waals surface area contributed by atoms with Gasteiger partial charge in [0.2, 0.25) is 0 Å². The van der Waals surface area contributed by atoms with E-state index < -0.39 is 12.1 Å². The Balaban J connectivity index is 1.43. The molecule has 0 bridgehead atoms. The highest BCUT2D eigenvalue weighted by molar-refractivity contribution is 7.09. The lowest BCUT2D eigenvalue weighted by molar-refractivity contribution is 0.0784. The van der Waals surface area contributed by atoms with Gasteiger partial charge in [-0.2, -0.15) is 0 Å². The van der Waals surface area contributed by atoms with Crippen molar-refractivity contribution in [2.75, 3.05) is 13.6 Å². The maximum absolute atomic E-state index is 13.4. The Morgan fingerprint density at radius 2 is 1.76 bits per heavy atom. The van der Waals surface area contributed by atoms with Crippen LogP contribution in [0, 0.1) is 19.3 Å². The number of aliphatic hydroxyl groups excluding tert-OH is 1. The number of aliphatic hydroxyl groups is 1. The van der Waals surface area contributed by atoms with Gasteiger partial charge in [0.1, 0.15) is 5.01 Å². The maximum Gasteiger partial charge on any atom is 0.253 e. The van der Waals surface area contributed by atoms with Crippen LogP contribution >= 0.6 is 11.3 Å². The summed E-state index contributed by atoms with van der Waals surface area (Å²) in [5, 5.41) is 20.2. The van der Waals surface area contributed by atoms with Gasteiger partial charge >= 0.3 is 0 Å². The van der Waals surface area contributed by atoms with Crippen LogP contribution in [0.15, 0.2) is 84.2 Å². The summed E-state index contributed by atoms with van der Waals surface area (Å²) in [5.41, 5.74) is 4.46. The van der Waals surface area contributed by atoms with Gasteiger partial charge in [-0.3, -0.25) is 9.59 Å². The van der Waals surface area contributed by atoms with E-state index in [4.69, 9.17) is 6.42 Å². The topological polar surface area (TPSA) is 94.6 Å². The monoisotopic (exact) mass is 566 g/mol. The number of carbonyl (C=O) groups excluding carboxylic acids is 2. The Bertz CT molecular complexity index is 1510. The molecule has 210 valence electrons. The lowest BCUT2D eigenvalue weighted by Crippen LogP contribution is -2.48. The van der Waals surface area contributed by atoms with E-state index in [2.05, 4.69) is 21.5 Å². The van der Waals surface area contributed by atoms with Crippen molar-refractivity contribution in [2.24, 2.45) is 0 Å². The van der Waals surface area contributed by atoms with E-state index >= 15 is 0 Å². The summed E-state index contributed by atoms with van der Waals surface area (Å²) in [5.74, 6) is 2.06. The molecule has 0 fully saturated rings. The average Bonchev–Trinajstić information content (AvgIpc) is 3.41. The third-order valence-electron chi connectivity index (χ3n) is 6.61. The van der Waals surface area contributed by atoms with E-state index in [9.17, 15) is 14.7 Å². The van der Waals surface area contributed by atoms with Crippen LogP contribution in [0.1, 0.15) is 48.1 Å². The third kappa shape index (κ3) is 8.60. The Kier molecular flexibility index (Phi) is 10.4. The van der Waals surface area contributed by atoms with Crippen molar-refractivity contribution in [3.05, 3.63) is 123 Å². The number of nitrogens with one attached hydrogen (secondary N) is 2. The standard InChI is InChI=1S/C33H34N4O3S/c1-4-24-12-8-13-26(16-24)19-34-20-30(38)29(17-25-10-6-5-7-11-25)36-32(39)27-14-9-15-28(18-27)33(40)37(3)21-31-35-23(2)22-41-31/h1,5-16,18,22,29-30,34,38H,17,19-21H2,2-3H3,(H,36,39)/t29-,30+/m0/s1. The van der Waals surface area contributed by atoms with Crippen molar-refractivity contribution in [1.82, 2.24) is 20.5 Å². The van der Waals surface area contributed by atoms with Gasteiger partial charge in [0.05, 0.1) is 18.7 Å². The first kappa shape index (κ1) is 29.7. The number of nitrogens with zero attached hydrogens (tertiary/aromatic N) is 2. The van der Waals surface area contributed by atoms with Crippen LogP contribution in [0.5, 0.6) is 0 Å². The van der Waals surface area contributed by atoms with Gasteiger partial charge in [0.25, 0.3) is 11.8 Å². The fraction of sp³-hybridized carbons (Fsp3) is 0.242. The van der Waals surface area contributed by atoms with E-state index in [0.29, 0.717) is 30.6 Å². The summed E-state index contributed by atoms with van der Waals surface area (Å²) >= 11 is 1.51. The molecule has 8 heteroatoms. The number of thiazole rings is 1. The van der Waals surface area contributed by atoms with E-state index in [0.717, 1.165) is 27.4 Å². The highest BCUT2D eigenvalue weighted by Crippen LogP contribution is 2.15. The summed E-state index contributed by atoms with van der Waals surface area (Å²) < 4.78 is 0. The first-order valence-electron chi connectivity index (χ1n) is 13.4. The zero-order valence-corrected chi connectivity index (χ0v) is 24.0. The second kappa shape index (κ2) is 14.4. The molecule has 41 heavy (non-hydrogen) atoms. The van der Waals surface area contributed by atoms with Gasteiger partial charge in [-0.05, 0) is 54.8 Å². The minimum absolute atomic E-state index is 0.202. The SMILES string of the molecule is C#Cc1cccc(CNC[C@@H](O)[C@H](Cc2ccccc2)NC(=O)c2cccc(C(=O)N(C)Cc3nc(C)cs3)c2)c1. The number of rotatable bonds is 12. The summed E-state index contributed by atoms with van der Waals surface area (Å²) in [7, 11) is 1.72. The number of benzene rings is 3. The number of amides is 2. The summed E-state index contributed by atoms with van der Waals surface area (Å²) in [6.45, 7) is 3.09. The number of terminal acetylenes is 1. The molecule has 0 unspecified atom stereocenters. The van der Waals surface area contributed by atoms with Crippen LogP contribution in [0.2, 0.25) is 0 Å². The Morgan fingerprint density at radius 3 is 2.49 bits per heavy atom. The minimum Gasteiger partial charge on any atom is -0.390 e. The molecule has 0 aliphatic heterocycles. The van der Waals surface area contributed by atoms with Crippen molar-refractivity contribution in [2.45, 2.75) is 38.6 Å². The first-order valence-corrected chi connectivity index (χ1v) is 14.3. The molecule has 1 aromatic heterocycles. The highest BCUT2D eigenvalue weighted by Gasteiger charge is 2.23. The van der Waals surface area contributed by atoms with E-state index in [-0.39, 0.29) is 18.4 Å². The number of hydrogen-bond donors (Lipinski definition) is 3. The smallest absolute Gasteiger partial charge is 0.253 e. The average molecular weight is 567 g/mol. The molecule has 0 saturated heterocycles. The molecule has 4 rings (SSSR count). The quantitative estimate of drug-likeness (QED) is 0.224. The Hall–Kier alpha value is -4.29. The van der Waals surface area contributed by atoms with Gasteiger partial charge < -0.3 is 20.6 Å². The molecule has 0 aliphatic carbocycles. The molecular weight excluding hydrogens is 532 g/mol. The van der Waals surface area contributed by atoms with Crippen molar-refractivity contribution in [3.63, 3.8) is 0 Å². The van der Waals surface area contributed by atoms with Crippen molar-refractivity contribution in [3.8, 4) is 12.3 Å². The normalized spacial score (nSPS) is 12.2. The number of hydrogen-bond acceptors (Lipinski definition) is 6. The molecule has 7 nitrogen and oxygen atoms in total. The van der Waals surface area contributed by atoms with Crippen LogP contribution in [0.4, 0.5) is 0 Å². The molecule has 3 N–H and O–H groups in total. The van der Waals surface area contributed by atoms with Crippen LogP contribution in [-0.2, 0) is 19.5 Å². The summed E-state index contributed by atoms with van der Waals surface area (Å²) in [6.07, 6.45) is 5.07. The molecule has 1 heterocycles. The van der Waals surface area contributed by atoms with Crippen molar-refractivity contribution < 1.29 is 14.7 Å². The van der Waals surface area contributed by atoms with Crippen molar-refractivity contribution >= 4 is 23.2 Å². The van der Waals surface area contributed by atoms with E-state index in [1.807, 2.05) is 66.9 Å². The minimum atomic E-state index is -0.868. The van der Waals surface area contributed by atoms with E-state index in [1.165, 1.54) is 11.3 Å². The van der Waals surface area contributed by atoms with Crippen LogP contribution in [-0.4, -0.2) is 52.5 Å². The molecule has 0 spiro atoms. The van der Waals surface area contributed by atoms with Gasteiger partial charge in [-0.1, -0.05) is 54.5 Å². The van der Waals surface area contributed by atoms with Crippen LogP contribution in [0.3, 0.4) is 0 Å². The molecule has 0 radical (unpaired) electrons. The molecule has 2 atom stereocenters. The molecule has 4 aromatic rings. The van der Waals surface area contributed by atoms with Gasteiger partial charge in [-0.15, -0.1) is 17.8 Å². The van der Waals surface area contributed by atoms with Gasteiger partial charge in [0.15, 0.2) is 0 Å². The largest absolute Gasteiger partial charge is 0.390 e. The third-order valence-corrected chi connectivity index (χ3v) is 7.56. The zero-order chi connectivity index (χ0) is 29.2. The lowest BCUT2D eigenvalue weighted by atomic mass is 10.00. The van der Waals surface area contributed by atoms with Gasteiger partial charge in [-0.25, -0.2) is 4.98 Å². The van der Waals surface area contributed by atoms with Crippen LogP contribution in [0.25, 0.3) is 0 Å². The number of aryl methyl sites for hydroxylation is 1. The fourth-order valence-electron chi connectivity index (χ4n) is 4.44. The first-order chi connectivity index (χ1) is 19.8. The Labute approximate surface area is 245 Å². The molecule has 0 saturated carbocycles. The summed E-state index contributed by atoms with van der Waals surface area (Å²) in [6, 6.07) is 23.4. The van der Waals surface area contributed by atoms with Crippen LogP contribution < -0.4 is 10.6 Å². The van der Waals surface area contributed by atoms with Gasteiger partial charge in [0, 0.05) is 47.9 Å². The highest BCUT2D eigenvalue weighted by atomic mass is 32.1.